The van der Waals surface area contributed by atoms with Gasteiger partial charge in [-0.3, -0.25) is 19.2 Å². The molecular formula is C89H146N6O26. The molecule has 2 atom stereocenters. The van der Waals surface area contributed by atoms with Crippen LogP contribution in [0.3, 0.4) is 0 Å². The molecular weight excluding hydrogens is 1570 g/mol. The molecule has 121 heavy (non-hydrogen) atoms. The van der Waals surface area contributed by atoms with Crippen LogP contribution in [0.1, 0.15) is 323 Å². The number of hydrogen-bond acceptors (Lipinski definition) is 32. The van der Waals surface area contributed by atoms with Gasteiger partial charge in [0.25, 0.3) is 0 Å². The average molecular weight is 1720 g/mol. The van der Waals surface area contributed by atoms with Gasteiger partial charge in [-0.05, 0) is 184 Å². The molecule has 32 heteroatoms. The largest absolute Gasteiger partial charge is 0.512 e. The molecule has 8 aliphatic rings. The quantitative estimate of drug-likeness (QED) is 0.0226. The first-order chi connectivity index (χ1) is 54.8. The van der Waals surface area contributed by atoms with Gasteiger partial charge in [-0.2, -0.15) is 0 Å². The Hall–Kier alpha value is -7.00. The zero-order valence-corrected chi connectivity index (χ0v) is 78.0. The number of nitrogens with one attached hydrogen (secondary N) is 6. The van der Waals surface area contributed by atoms with Crippen LogP contribution >= 0.6 is 0 Å². The van der Waals surface area contributed by atoms with Gasteiger partial charge in [-0.1, -0.05) is 41.5 Å². The van der Waals surface area contributed by atoms with Crippen molar-refractivity contribution in [3.05, 3.63) is 0 Å². The smallest absolute Gasteiger partial charge is 0.459 e. The number of rotatable bonds is 24. The average Bonchev–Trinajstić information content (AvgIpc) is 0.740. The minimum Gasteiger partial charge on any atom is -0.459 e. The monoisotopic (exact) mass is 1720 g/mol. The predicted molar refractivity (Wildman–Crippen MR) is 442 cm³/mol. The molecule has 6 aliphatic heterocycles. The fraction of sp³-hybridized carbons (Fsp3) is 0.865. The Morgan fingerprint density at radius 1 is 0.298 bits per heavy atom. The van der Waals surface area contributed by atoms with Crippen LogP contribution < -0.4 is 31.9 Å². The first-order valence-corrected chi connectivity index (χ1v) is 43.3. The SMILES string of the molecule is CCC(OC(=O)OC1CC(C)(C)NC(C)(C)C1)C(OC(=O)OC1CC(C)(C)NC(C)(C)C1)(OC(=O)OC1CC(C)(C)NC(C)(C)C1)C(=O)OCC(C)(C)C1C(=O)CC2(CC1=O)CC(=O)C(C(C)(C)COC(=O)C(OC(=O)OC1CC(C)(C)NC(C)(C)C1)(OC(=O)OC1CC(C)(C)NC(C)(C)C1)C(CC)OC(=O)OC1CC(C)(C)NC(C)(C)C1)C(=O)C2. The summed E-state index contributed by atoms with van der Waals surface area (Å²) in [5.41, 5.74) is -11.7. The van der Waals surface area contributed by atoms with Gasteiger partial charge in [0.05, 0.1) is 25.0 Å². The van der Waals surface area contributed by atoms with E-state index in [-0.39, 0.29) is 51.4 Å². The van der Waals surface area contributed by atoms with Crippen molar-refractivity contribution < 1.29 is 124 Å². The van der Waals surface area contributed by atoms with E-state index in [0.717, 1.165) is 0 Å². The molecule has 2 unspecified atom stereocenters. The Balaban J connectivity index is 1.07. The second kappa shape index (κ2) is 35.1. The maximum atomic E-state index is 15.7. The van der Waals surface area contributed by atoms with Gasteiger partial charge in [0, 0.05) is 180 Å². The second-order valence-corrected chi connectivity index (χ2v) is 45.6. The number of carbonyl (C=O) groups is 12. The minimum absolute atomic E-state index is 0.258. The van der Waals surface area contributed by atoms with Crippen molar-refractivity contribution in [3.8, 4) is 0 Å². The zero-order valence-electron chi connectivity index (χ0n) is 78.0. The van der Waals surface area contributed by atoms with Crippen LogP contribution in [0.4, 0.5) is 28.8 Å². The van der Waals surface area contributed by atoms with Crippen LogP contribution in [0.2, 0.25) is 0 Å². The van der Waals surface area contributed by atoms with Crippen molar-refractivity contribution >= 4 is 72.0 Å². The van der Waals surface area contributed by atoms with E-state index in [1.807, 2.05) is 166 Å². The predicted octanol–water partition coefficient (Wildman–Crippen LogP) is 13.9. The summed E-state index contributed by atoms with van der Waals surface area (Å²) in [6, 6.07) is 0. The summed E-state index contributed by atoms with van der Waals surface area (Å²) in [5.74, 6) is -16.1. The number of hydrogen-bond donors (Lipinski definition) is 6. The molecule has 6 N–H and O–H groups in total. The van der Waals surface area contributed by atoms with E-state index >= 15 is 28.8 Å². The van der Waals surface area contributed by atoms with Crippen LogP contribution in [-0.4, -0.2) is 212 Å². The maximum absolute atomic E-state index is 15.7. The highest BCUT2D eigenvalue weighted by Gasteiger charge is 2.64. The molecule has 6 saturated heterocycles. The molecule has 8 fully saturated rings. The lowest BCUT2D eigenvalue weighted by Gasteiger charge is -2.47. The number of ether oxygens (including phenoxy) is 14. The van der Waals surface area contributed by atoms with Gasteiger partial charge in [0.2, 0.25) is 0 Å². The summed E-state index contributed by atoms with van der Waals surface area (Å²) >= 11 is 0. The molecule has 2 aliphatic carbocycles. The summed E-state index contributed by atoms with van der Waals surface area (Å²) < 4.78 is 84.3. The van der Waals surface area contributed by atoms with E-state index < -0.39 is 279 Å². The van der Waals surface area contributed by atoms with E-state index in [9.17, 15) is 28.8 Å². The second-order valence-electron chi connectivity index (χ2n) is 45.6. The molecule has 2 saturated carbocycles. The molecule has 0 aromatic heterocycles. The lowest BCUT2D eigenvalue weighted by molar-refractivity contribution is -0.257. The Morgan fingerprint density at radius 3 is 0.628 bits per heavy atom. The van der Waals surface area contributed by atoms with E-state index in [0.29, 0.717) is 25.7 Å². The first-order valence-electron chi connectivity index (χ1n) is 43.3. The fourth-order valence-corrected chi connectivity index (χ4v) is 22.4. The Kier molecular flexibility index (Phi) is 28.8. The van der Waals surface area contributed by atoms with Gasteiger partial charge in [-0.15, -0.1) is 0 Å². The number of piperidine rings is 6. The van der Waals surface area contributed by atoms with Gasteiger partial charge in [0.15, 0.2) is 12.2 Å². The number of Topliss-reactive ketones (excluding diaryl/α,β-unsaturated/α-hetero) is 4. The van der Waals surface area contributed by atoms with Gasteiger partial charge in [-0.25, -0.2) is 38.4 Å². The summed E-state index contributed by atoms with van der Waals surface area (Å²) in [5, 5.41) is 21.1. The molecule has 688 valence electrons. The number of ketones is 4. The van der Waals surface area contributed by atoms with Gasteiger partial charge < -0.3 is 98.2 Å². The zero-order chi connectivity index (χ0) is 91.5. The van der Waals surface area contributed by atoms with Crippen LogP contribution in [0.5, 0.6) is 0 Å². The Labute approximate surface area is 716 Å². The number of carbonyl (C=O) groups excluding carboxylic acids is 12. The van der Waals surface area contributed by atoms with Gasteiger partial charge in [0.1, 0.15) is 59.8 Å². The Morgan fingerprint density at radius 2 is 0.463 bits per heavy atom. The lowest BCUT2D eigenvalue weighted by atomic mass is 9.54. The summed E-state index contributed by atoms with van der Waals surface area (Å²) in [7, 11) is 0. The molecule has 6 heterocycles. The minimum atomic E-state index is -3.39. The van der Waals surface area contributed by atoms with Crippen molar-refractivity contribution in [2.45, 2.75) is 450 Å². The van der Waals surface area contributed by atoms with Crippen LogP contribution in [0.25, 0.3) is 0 Å². The highest BCUT2D eigenvalue weighted by atomic mass is 16.9. The van der Waals surface area contributed by atoms with Crippen molar-refractivity contribution in [2.24, 2.45) is 28.1 Å². The topological polar surface area (TPSA) is 406 Å². The van der Waals surface area contributed by atoms with Crippen molar-refractivity contribution in [3.63, 3.8) is 0 Å². The van der Waals surface area contributed by atoms with E-state index in [4.69, 9.17) is 66.3 Å². The molecule has 8 rings (SSSR count). The standard InChI is InChI=1S/C89H146N6O26/c1-31-61(116-67(102)110-51-33-75(7,8)90-76(9,10)34-51)88(118-69(104)112-53-37-79(15,16)92-80(17,18)38-53,119-70(105)113-54-39-81(19,20)93-82(21,22)40-54)65(100)108-49-73(3,4)63-57(96)45-87(46-58(63)97)47-59(98)64(60(99)48-87)74(5,6)50-109-66(101)89(120-71(106)114-55-41-83(23,24)94-84(25,26)42-55,121-72(107)115-56-43-85(27,28)95-86(29,30)44-56)62(32-2)117-68(103)111-52-35-77(11,12)91-78(13,14)36-52/h51-56,61-64,90-95H,31-50H2,1-30H3. The Bertz CT molecular complexity index is 3400. The first kappa shape index (κ1) is 99.4. The van der Waals surface area contributed by atoms with Crippen molar-refractivity contribution in [2.75, 3.05) is 13.2 Å². The van der Waals surface area contributed by atoms with Crippen LogP contribution in [0.15, 0.2) is 0 Å². The summed E-state index contributed by atoms with van der Waals surface area (Å²) in [6.07, 6.45) is -17.2. The van der Waals surface area contributed by atoms with Crippen LogP contribution in [0, 0.1) is 28.1 Å². The van der Waals surface area contributed by atoms with E-state index in [1.165, 1.54) is 41.5 Å². The summed E-state index contributed by atoms with van der Waals surface area (Å²) in [4.78, 5) is 179. The lowest BCUT2D eigenvalue weighted by Crippen LogP contribution is -2.62. The highest BCUT2D eigenvalue weighted by molar-refractivity contribution is 6.11. The molecule has 1 spiro atoms. The molecule has 0 aromatic rings. The summed E-state index contributed by atoms with van der Waals surface area (Å²) in [6.45, 7) is 53.2. The number of esters is 2. The van der Waals surface area contributed by atoms with Crippen molar-refractivity contribution in [1.29, 1.82) is 0 Å². The third kappa shape index (κ3) is 26.5. The normalized spacial score (nSPS) is 27.1. The molecule has 32 nitrogen and oxygen atoms in total. The van der Waals surface area contributed by atoms with Crippen LogP contribution in [-0.2, 0) is 95.1 Å². The third-order valence-corrected chi connectivity index (χ3v) is 24.3. The molecule has 0 aromatic carbocycles. The van der Waals surface area contributed by atoms with Crippen molar-refractivity contribution in [1.82, 2.24) is 31.9 Å². The molecule has 0 amide bonds. The van der Waals surface area contributed by atoms with E-state index in [1.54, 1.807) is 0 Å². The maximum Gasteiger partial charge on any atom is 0.512 e. The molecule has 0 radical (unpaired) electrons. The fourth-order valence-electron chi connectivity index (χ4n) is 22.4. The van der Waals surface area contributed by atoms with Gasteiger partial charge >= 0.3 is 60.4 Å². The highest BCUT2D eigenvalue weighted by Crippen LogP contribution is 2.52. The van der Waals surface area contributed by atoms with E-state index in [2.05, 4.69) is 31.9 Å². The third-order valence-electron chi connectivity index (χ3n) is 24.3. The molecule has 0 bridgehead atoms.